The number of fused-ring (bicyclic) bond motifs is 1. The highest BCUT2D eigenvalue weighted by atomic mass is 32.2. The maximum Gasteiger partial charge on any atom is 0.261 e. The number of benzene rings is 2. The summed E-state index contributed by atoms with van der Waals surface area (Å²) in [6, 6.07) is 16.9. The molecule has 2 aromatic carbocycles. The van der Waals surface area contributed by atoms with Gasteiger partial charge in [0.15, 0.2) is 0 Å². The Labute approximate surface area is 220 Å². The third-order valence-electron chi connectivity index (χ3n) is 7.18. The van der Waals surface area contributed by atoms with Gasteiger partial charge in [0, 0.05) is 36.6 Å². The molecule has 36 heavy (non-hydrogen) atoms. The van der Waals surface area contributed by atoms with E-state index in [4.69, 9.17) is 0 Å². The molecule has 0 bridgehead atoms. The third kappa shape index (κ3) is 6.73. The molecule has 0 spiro atoms. The Hall–Kier alpha value is -2.73. The Morgan fingerprint density at radius 1 is 1.11 bits per heavy atom. The highest BCUT2D eigenvalue weighted by Crippen LogP contribution is 2.42. The molecule has 0 radical (unpaired) electrons. The molecule has 2 aromatic rings. The van der Waals surface area contributed by atoms with Crippen molar-refractivity contribution in [3.8, 4) is 0 Å². The number of aryl methyl sites for hydroxylation is 2. The Morgan fingerprint density at radius 2 is 1.89 bits per heavy atom. The SMILES string of the molecule is CCN(CCCNC(=O)CN1C(=O)/C(=C\c2ccc(C)cc2)SC2CCCCC21)c1cccc(C)c1. The van der Waals surface area contributed by atoms with E-state index in [1.165, 1.54) is 23.2 Å². The lowest BCUT2D eigenvalue weighted by Gasteiger charge is -2.43. The normalized spacial score (nSPS) is 20.8. The molecular weight excluding hydrogens is 466 g/mol. The maximum absolute atomic E-state index is 13.5. The summed E-state index contributed by atoms with van der Waals surface area (Å²) < 4.78 is 0. The standard InChI is InChI=1S/C30H39N3O2S/c1-4-32(25-10-7-9-23(3)19-25)18-8-17-31-29(34)21-33-26-11-5-6-12-27(26)36-28(30(33)35)20-24-15-13-22(2)14-16-24/h7,9-10,13-16,19-20,26-27H,4-6,8,11-12,17-18,21H2,1-3H3,(H,31,34)/b28-20+. The van der Waals surface area contributed by atoms with Crippen molar-refractivity contribution in [1.29, 1.82) is 0 Å². The van der Waals surface area contributed by atoms with E-state index in [9.17, 15) is 9.59 Å². The molecule has 4 rings (SSSR count). The smallest absolute Gasteiger partial charge is 0.261 e. The van der Waals surface area contributed by atoms with E-state index < -0.39 is 0 Å². The van der Waals surface area contributed by atoms with Gasteiger partial charge in [-0.3, -0.25) is 9.59 Å². The van der Waals surface area contributed by atoms with Crippen LogP contribution in [0.25, 0.3) is 6.08 Å². The Kier molecular flexibility index (Phi) is 9.13. The zero-order chi connectivity index (χ0) is 25.5. The summed E-state index contributed by atoms with van der Waals surface area (Å²) in [7, 11) is 0. The highest BCUT2D eigenvalue weighted by molar-refractivity contribution is 8.04. The van der Waals surface area contributed by atoms with Crippen molar-refractivity contribution in [2.45, 2.75) is 64.2 Å². The number of nitrogens with zero attached hydrogens (tertiary/aromatic N) is 2. The van der Waals surface area contributed by atoms with E-state index >= 15 is 0 Å². The first kappa shape index (κ1) is 26.3. The molecule has 2 atom stereocenters. The fraction of sp³-hybridized carbons (Fsp3) is 0.467. The van der Waals surface area contributed by atoms with Crippen LogP contribution >= 0.6 is 11.8 Å². The summed E-state index contributed by atoms with van der Waals surface area (Å²) in [5.41, 5.74) is 4.70. The second-order valence-corrected chi connectivity index (χ2v) is 11.3. The van der Waals surface area contributed by atoms with Crippen molar-refractivity contribution in [2.24, 2.45) is 0 Å². The first-order valence-electron chi connectivity index (χ1n) is 13.3. The van der Waals surface area contributed by atoms with Gasteiger partial charge in [-0.05, 0) is 69.4 Å². The minimum Gasteiger partial charge on any atom is -0.372 e. The molecule has 2 amide bonds. The summed E-state index contributed by atoms with van der Waals surface area (Å²) >= 11 is 1.71. The van der Waals surface area contributed by atoms with Crippen LogP contribution in [0.4, 0.5) is 5.69 Å². The predicted octanol–water partition coefficient (Wildman–Crippen LogP) is 5.56. The van der Waals surface area contributed by atoms with E-state index in [0.29, 0.717) is 11.8 Å². The number of thioether (sulfide) groups is 1. The topological polar surface area (TPSA) is 52.7 Å². The molecule has 6 heteroatoms. The van der Waals surface area contributed by atoms with Gasteiger partial charge in [-0.1, -0.05) is 54.8 Å². The van der Waals surface area contributed by atoms with Crippen molar-refractivity contribution in [1.82, 2.24) is 10.2 Å². The predicted molar refractivity (Wildman–Crippen MR) is 151 cm³/mol. The summed E-state index contributed by atoms with van der Waals surface area (Å²) in [5.74, 6) is -0.0663. The average Bonchev–Trinajstić information content (AvgIpc) is 2.88. The fourth-order valence-corrected chi connectivity index (χ4v) is 6.65. The van der Waals surface area contributed by atoms with Crippen molar-refractivity contribution >= 4 is 35.3 Å². The summed E-state index contributed by atoms with van der Waals surface area (Å²) in [5, 5.41) is 3.44. The zero-order valence-electron chi connectivity index (χ0n) is 21.8. The van der Waals surface area contributed by atoms with Crippen LogP contribution in [0.5, 0.6) is 0 Å². The van der Waals surface area contributed by atoms with Crippen LogP contribution in [0, 0.1) is 13.8 Å². The molecule has 1 saturated heterocycles. The van der Waals surface area contributed by atoms with E-state index in [0.717, 1.165) is 49.2 Å². The molecule has 1 saturated carbocycles. The monoisotopic (exact) mass is 505 g/mol. The number of anilines is 1. The van der Waals surface area contributed by atoms with Gasteiger partial charge >= 0.3 is 0 Å². The molecule has 192 valence electrons. The van der Waals surface area contributed by atoms with Gasteiger partial charge in [0.2, 0.25) is 5.91 Å². The lowest BCUT2D eigenvalue weighted by Crippen LogP contribution is -2.54. The van der Waals surface area contributed by atoms with Gasteiger partial charge in [-0.2, -0.15) is 0 Å². The number of hydrogen-bond donors (Lipinski definition) is 1. The Morgan fingerprint density at radius 3 is 2.64 bits per heavy atom. The second-order valence-electron chi connectivity index (χ2n) is 9.98. The lowest BCUT2D eigenvalue weighted by atomic mass is 9.93. The number of hydrogen-bond acceptors (Lipinski definition) is 4. The number of carbonyl (C=O) groups is 2. The summed E-state index contributed by atoms with van der Waals surface area (Å²) in [6.45, 7) is 8.88. The maximum atomic E-state index is 13.5. The molecule has 5 nitrogen and oxygen atoms in total. The van der Waals surface area contributed by atoms with Crippen molar-refractivity contribution in [3.63, 3.8) is 0 Å². The molecule has 2 unspecified atom stereocenters. The van der Waals surface area contributed by atoms with Gasteiger partial charge in [-0.15, -0.1) is 11.8 Å². The average molecular weight is 506 g/mol. The summed E-state index contributed by atoms with van der Waals surface area (Å²) in [4.78, 5) is 31.3. The van der Waals surface area contributed by atoms with Crippen LogP contribution in [0.15, 0.2) is 53.4 Å². The van der Waals surface area contributed by atoms with Gasteiger partial charge in [0.1, 0.15) is 6.54 Å². The third-order valence-corrected chi connectivity index (χ3v) is 8.58. The van der Waals surface area contributed by atoms with E-state index in [-0.39, 0.29) is 24.4 Å². The summed E-state index contributed by atoms with van der Waals surface area (Å²) in [6.07, 6.45) is 7.24. The Bertz CT molecular complexity index is 1080. The van der Waals surface area contributed by atoms with Crippen LogP contribution in [-0.2, 0) is 9.59 Å². The molecule has 2 fully saturated rings. The van der Waals surface area contributed by atoms with Gasteiger partial charge in [-0.25, -0.2) is 0 Å². The van der Waals surface area contributed by atoms with E-state index in [2.05, 4.69) is 79.5 Å². The van der Waals surface area contributed by atoms with Crippen LogP contribution in [-0.4, -0.2) is 54.2 Å². The molecule has 0 aromatic heterocycles. The minimum atomic E-state index is -0.0622. The van der Waals surface area contributed by atoms with E-state index in [1.54, 1.807) is 11.8 Å². The van der Waals surface area contributed by atoms with E-state index in [1.807, 2.05) is 11.0 Å². The Balaban J connectivity index is 1.35. The van der Waals surface area contributed by atoms with Gasteiger partial charge < -0.3 is 15.1 Å². The first-order chi connectivity index (χ1) is 17.4. The fourth-order valence-electron chi connectivity index (χ4n) is 5.18. The molecule has 1 N–H and O–H groups in total. The van der Waals surface area contributed by atoms with Crippen LogP contribution in [0.3, 0.4) is 0 Å². The van der Waals surface area contributed by atoms with Gasteiger partial charge in [0.25, 0.3) is 5.91 Å². The minimum absolute atomic E-state index is 0.00418. The van der Waals surface area contributed by atoms with Crippen molar-refractivity contribution in [3.05, 3.63) is 70.1 Å². The van der Waals surface area contributed by atoms with Crippen molar-refractivity contribution in [2.75, 3.05) is 31.1 Å². The lowest BCUT2D eigenvalue weighted by molar-refractivity contribution is -0.135. The number of rotatable bonds is 9. The molecule has 1 aliphatic heterocycles. The number of nitrogens with one attached hydrogen (secondary N) is 1. The van der Waals surface area contributed by atoms with Gasteiger partial charge in [0.05, 0.1) is 4.91 Å². The quantitative estimate of drug-likeness (QED) is 0.358. The number of amides is 2. The van der Waals surface area contributed by atoms with Crippen LogP contribution in [0.2, 0.25) is 0 Å². The molecule has 1 aliphatic carbocycles. The van der Waals surface area contributed by atoms with Crippen molar-refractivity contribution < 1.29 is 9.59 Å². The van der Waals surface area contributed by atoms with Crippen LogP contribution < -0.4 is 10.2 Å². The highest BCUT2D eigenvalue weighted by Gasteiger charge is 2.41. The molecule has 1 heterocycles. The molecular formula is C30H39N3O2S. The second kappa shape index (κ2) is 12.5. The zero-order valence-corrected chi connectivity index (χ0v) is 22.7. The molecule has 2 aliphatic rings. The largest absolute Gasteiger partial charge is 0.372 e. The van der Waals surface area contributed by atoms with Crippen LogP contribution in [0.1, 0.15) is 55.7 Å². The first-order valence-corrected chi connectivity index (χ1v) is 14.2. The number of carbonyl (C=O) groups excluding carboxylic acids is 2.